The number of carbonyl (C=O) groups excluding carboxylic acids is 1. The van der Waals surface area contributed by atoms with Gasteiger partial charge in [0.1, 0.15) is 5.82 Å². The Morgan fingerprint density at radius 1 is 1.23 bits per heavy atom. The number of carbonyl (C=O) groups is 1. The van der Waals surface area contributed by atoms with Gasteiger partial charge in [-0.2, -0.15) is 5.10 Å². The zero-order valence-electron chi connectivity index (χ0n) is 15.5. The van der Waals surface area contributed by atoms with E-state index < -0.39 is 0 Å². The topological polar surface area (TPSA) is 88.0 Å². The minimum Gasteiger partial charge on any atom is -0.366 e. The SMILES string of the molecule is CCCNC(=O)CN1CCC(Nc2ccc(-n3ccc(C)n3)nn2)CC1. The lowest BCUT2D eigenvalue weighted by Crippen LogP contribution is -2.44. The monoisotopic (exact) mass is 357 g/mol. The second-order valence-corrected chi connectivity index (χ2v) is 6.72. The quantitative estimate of drug-likeness (QED) is 0.778. The summed E-state index contributed by atoms with van der Waals surface area (Å²) < 4.78 is 1.72. The van der Waals surface area contributed by atoms with E-state index in [0.29, 0.717) is 18.4 Å². The molecular formula is C18H27N7O. The van der Waals surface area contributed by atoms with Crippen molar-refractivity contribution < 1.29 is 4.79 Å². The van der Waals surface area contributed by atoms with Gasteiger partial charge in [-0.1, -0.05) is 6.92 Å². The molecule has 26 heavy (non-hydrogen) atoms. The van der Waals surface area contributed by atoms with E-state index in [4.69, 9.17) is 0 Å². The maximum Gasteiger partial charge on any atom is 0.234 e. The molecule has 0 bridgehead atoms. The van der Waals surface area contributed by atoms with Gasteiger partial charge in [-0.05, 0) is 44.4 Å². The van der Waals surface area contributed by atoms with Crippen molar-refractivity contribution in [1.82, 2.24) is 30.2 Å². The Balaban J connectivity index is 1.45. The molecule has 1 aliphatic heterocycles. The van der Waals surface area contributed by atoms with Crippen LogP contribution >= 0.6 is 0 Å². The highest BCUT2D eigenvalue weighted by Gasteiger charge is 2.21. The molecule has 0 aromatic carbocycles. The van der Waals surface area contributed by atoms with E-state index in [9.17, 15) is 4.79 Å². The van der Waals surface area contributed by atoms with Gasteiger partial charge in [0, 0.05) is 31.9 Å². The van der Waals surface area contributed by atoms with E-state index in [-0.39, 0.29) is 5.91 Å². The number of hydrogen-bond acceptors (Lipinski definition) is 6. The van der Waals surface area contributed by atoms with Crippen LogP contribution in [0, 0.1) is 6.92 Å². The highest BCUT2D eigenvalue weighted by molar-refractivity contribution is 5.77. The lowest BCUT2D eigenvalue weighted by Gasteiger charge is -2.32. The third-order valence-electron chi connectivity index (χ3n) is 4.49. The summed E-state index contributed by atoms with van der Waals surface area (Å²) in [6.45, 7) is 7.07. The lowest BCUT2D eigenvalue weighted by molar-refractivity contribution is -0.122. The van der Waals surface area contributed by atoms with Gasteiger partial charge in [0.05, 0.1) is 12.2 Å². The van der Waals surface area contributed by atoms with E-state index in [1.807, 2.05) is 31.3 Å². The van der Waals surface area contributed by atoms with Gasteiger partial charge < -0.3 is 10.6 Å². The number of likely N-dealkylation sites (tertiary alicyclic amines) is 1. The molecule has 0 unspecified atom stereocenters. The zero-order valence-corrected chi connectivity index (χ0v) is 15.5. The van der Waals surface area contributed by atoms with Crippen LogP contribution in [-0.2, 0) is 4.79 Å². The van der Waals surface area contributed by atoms with Gasteiger partial charge in [0.25, 0.3) is 0 Å². The van der Waals surface area contributed by atoms with Crippen LogP contribution in [0.4, 0.5) is 5.82 Å². The van der Waals surface area contributed by atoms with Crippen LogP contribution in [0.3, 0.4) is 0 Å². The molecule has 0 atom stereocenters. The molecule has 2 N–H and O–H groups in total. The first-order valence-electron chi connectivity index (χ1n) is 9.26. The van der Waals surface area contributed by atoms with E-state index >= 15 is 0 Å². The molecule has 0 spiro atoms. The summed E-state index contributed by atoms with van der Waals surface area (Å²) in [4.78, 5) is 14.0. The fraction of sp³-hybridized carbons (Fsp3) is 0.556. The largest absolute Gasteiger partial charge is 0.366 e. The predicted octanol–water partition coefficient (Wildman–Crippen LogP) is 1.37. The Hall–Kier alpha value is -2.48. The molecule has 1 aliphatic rings. The van der Waals surface area contributed by atoms with Crippen LogP contribution in [0.15, 0.2) is 24.4 Å². The first-order chi connectivity index (χ1) is 12.6. The van der Waals surface area contributed by atoms with Gasteiger partial charge >= 0.3 is 0 Å². The first kappa shape index (κ1) is 18.3. The number of anilines is 1. The van der Waals surface area contributed by atoms with E-state index in [2.05, 4.69) is 37.8 Å². The molecule has 8 nitrogen and oxygen atoms in total. The zero-order chi connectivity index (χ0) is 18.4. The molecule has 0 aliphatic carbocycles. The van der Waals surface area contributed by atoms with E-state index in [1.165, 1.54) is 0 Å². The third kappa shape index (κ3) is 5.01. The van der Waals surface area contributed by atoms with Gasteiger partial charge in [-0.15, -0.1) is 10.2 Å². The molecule has 2 aromatic rings. The second-order valence-electron chi connectivity index (χ2n) is 6.72. The number of aryl methyl sites for hydroxylation is 1. The van der Waals surface area contributed by atoms with Gasteiger partial charge in [0.2, 0.25) is 5.91 Å². The number of hydrogen-bond donors (Lipinski definition) is 2. The van der Waals surface area contributed by atoms with Gasteiger partial charge in [-0.25, -0.2) is 4.68 Å². The summed E-state index contributed by atoms with van der Waals surface area (Å²) in [6, 6.07) is 6.14. The Morgan fingerprint density at radius 2 is 2.04 bits per heavy atom. The van der Waals surface area contributed by atoms with Crippen LogP contribution < -0.4 is 10.6 Å². The van der Waals surface area contributed by atoms with Crippen LogP contribution in [0.1, 0.15) is 31.9 Å². The minimum atomic E-state index is 0.119. The summed E-state index contributed by atoms with van der Waals surface area (Å²) in [5.74, 6) is 1.60. The maximum atomic E-state index is 11.8. The molecular weight excluding hydrogens is 330 g/mol. The maximum absolute atomic E-state index is 11.8. The van der Waals surface area contributed by atoms with Crippen molar-refractivity contribution in [2.45, 2.75) is 39.2 Å². The lowest BCUT2D eigenvalue weighted by atomic mass is 10.1. The van der Waals surface area contributed by atoms with Crippen LogP contribution in [0.25, 0.3) is 5.82 Å². The molecule has 3 rings (SSSR count). The van der Waals surface area contributed by atoms with Crippen molar-refractivity contribution in [3.8, 4) is 5.82 Å². The number of nitrogens with one attached hydrogen (secondary N) is 2. The number of aromatic nitrogens is 4. The Labute approximate surface area is 154 Å². The van der Waals surface area contributed by atoms with Gasteiger partial charge in [-0.3, -0.25) is 9.69 Å². The van der Waals surface area contributed by atoms with Gasteiger partial charge in [0.15, 0.2) is 5.82 Å². The fourth-order valence-electron chi connectivity index (χ4n) is 3.04. The summed E-state index contributed by atoms with van der Waals surface area (Å²) in [5, 5.41) is 19.2. The highest BCUT2D eigenvalue weighted by atomic mass is 16.2. The molecule has 3 heterocycles. The smallest absolute Gasteiger partial charge is 0.234 e. The fourth-order valence-corrected chi connectivity index (χ4v) is 3.04. The number of rotatable bonds is 7. The van der Waals surface area contributed by atoms with Crippen molar-refractivity contribution in [2.24, 2.45) is 0 Å². The summed E-state index contributed by atoms with van der Waals surface area (Å²) in [7, 11) is 0. The van der Waals surface area contributed by atoms with Crippen LogP contribution in [-0.4, -0.2) is 63.0 Å². The third-order valence-corrected chi connectivity index (χ3v) is 4.49. The number of nitrogens with zero attached hydrogens (tertiary/aromatic N) is 5. The molecule has 1 saturated heterocycles. The molecule has 1 amide bonds. The standard InChI is InChI=1S/C18H27N7O/c1-3-9-19-18(26)13-24-10-7-15(8-11-24)20-16-4-5-17(22-21-16)25-12-6-14(2)23-25/h4-6,12,15H,3,7-11,13H2,1-2H3,(H,19,26)(H,20,21). The van der Waals surface area contributed by atoms with E-state index in [1.54, 1.807) is 4.68 Å². The Morgan fingerprint density at radius 3 is 2.65 bits per heavy atom. The van der Waals surface area contributed by atoms with Crippen molar-refractivity contribution in [1.29, 1.82) is 0 Å². The average Bonchev–Trinajstić information content (AvgIpc) is 3.09. The van der Waals surface area contributed by atoms with Crippen molar-refractivity contribution in [2.75, 3.05) is 31.5 Å². The number of amides is 1. The molecule has 0 radical (unpaired) electrons. The molecule has 1 fully saturated rings. The van der Waals surface area contributed by atoms with Crippen molar-refractivity contribution in [3.63, 3.8) is 0 Å². The summed E-state index contributed by atoms with van der Waals surface area (Å²) in [6.07, 6.45) is 4.82. The molecule has 8 heteroatoms. The predicted molar refractivity (Wildman–Crippen MR) is 100 cm³/mol. The number of piperidine rings is 1. The first-order valence-corrected chi connectivity index (χ1v) is 9.26. The minimum absolute atomic E-state index is 0.119. The van der Waals surface area contributed by atoms with Crippen LogP contribution in [0.5, 0.6) is 0 Å². The van der Waals surface area contributed by atoms with Crippen molar-refractivity contribution in [3.05, 3.63) is 30.1 Å². The Kier molecular flexibility index (Phi) is 6.17. The second kappa shape index (κ2) is 8.75. The van der Waals surface area contributed by atoms with Crippen LogP contribution in [0.2, 0.25) is 0 Å². The molecule has 140 valence electrons. The average molecular weight is 357 g/mol. The molecule has 0 saturated carbocycles. The summed E-state index contributed by atoms with van der Waals surface area (Å²) in [5.41, 5.74) is 0.948. The Bertz CT molecular complexity index is 705. The van der Waals surface area contributed by atoms with E-state index in [0.717, 1.165) is 50.4 Å². The highest BCUT2D eigenvalue weighted by Crippen LogP contribution is 2.15. The molecule has 2 aromatic heterocycles. The van der Waals surface area contributed by atoms with Crippen molar-refractivity contribution >= 4 is 11.7 Å². The normalized spacial score (nSPS) is 15.8. The summed E-state index contributed by atoms with van der Waals surface area (Å²) >= 11 is 0.